The fourth-order valence-electron chi connectivity index (χ4n) is 5.71. The highest BCUT2D eigenvalue weighted by molar-refractivity contribution is 5.90. The lowest BCUT2D eigenvalue weighted by Gasteiger charge is -2.33. The molecule has 2 N–H and O–H groups in total. The average Bonchev–Trinajstić information content (AvgIpc) is 3.05. The smallest absolute Gasteiger partial charge is 0.410 e. The second-order valence-electron chi connectivity index (χ2n) is 12.4. The summed E-state index contributed by atoms with van der Waals surface area (Å²) >= 11 is 0. The van der Waals surface area contributed by atoms with Gasteiger partial charge in [-0.25, -0.2) is 4.79 Å². The van der Waals surface area contributed by atoms with Gasteiger partial charge in [0.15, 0.2) is 0 Å². The Bertz CT molecular complexity index is 1190. The van der Waals surface area contributed by atoms with Crippen molar-refractivity contribution < 1.29 is 24.2 Å². The number of piperidine rings is 1. The van der Waals surface area contributed by atoms with Crippen molar-refractivity contribution >= 4 is 23.7 Å². The molecule has 2 heterocycles. The summed E-state index contributed by atoms with van der Waals surface area (Å²) in [5.74, 6) is -0.527. The third-order valence-corrected chi connectivity index (χ3v) is 7.96. The van der Waals surface area contributed by atoms with Crippen molar-refractivity contribution in [2.24, 2.45) is 5.92 Å². The molecule has 4 rings (SSSR count). The molecule has 2 amide bonds. The van der Waals surface area contributed by atoms with E-state index in [0.29, 0.717) is 19.0 Å². The van der Waals surface area contributed by atoms with Gasteiger partial charge >= 0.3 is 12.1 Å². The summed E-state index contributed by atoms with van der Waals surface area (Å²) in [7, 11) is 0. The molecular weight excluding hydrogens is 518 g/mol. The molecule has 1 saturated heterocycles. The van der Waals surface area contributed by atoms with Crippen LogP contribution in [-0.2, 0) is 33.7 Å². The summed E-state index contributed by atoms with van der Waals surface area (Å²) in [4.78, 5) is 40.8. The zero-order valence-corrected chi connectivity index (χ0v) is 24.7. The topological polar surface area (TPSA) is 99.2 Å². The molecule has 0 aromatic heterocycles. The Balaban J connectivity index is 1.29. The molecule has 2 aliphatic rings. The van der Waals surface area contributed by atoms with Gasteiger partial charge in [-0.05, 0) is 81.5 Å². The Kier molecular flexibility index (Phi) is 10.3. The van der Waals surface area contributed by atoms with Crippen molar-refractivity contribution in [3.8, 4) is 0 Å². The maximum absolute atomic E-state index is 13.3. The molecule has 0 spiro atoms. The summed E-state index contributed by atoms with van der Waals surface area (Å²) in [6, 6.07) is 15.6. The Hall–Kier alpha value is -3.55. The minimum atomic E-state index is -0.990. The van der Waals surface area contributed by atoms with E-state index in [1.165, 1.54) is 5.56 Å². The summed E-state index contributed by atoms with van der Waals surface area (Å²) in [6.07, 6.45) is 6.55. The first-order chi connectivity index (χ1) is 19.6. The van der Waals surface area contributed by atoms with Crippen LogP contribution in [0.1, 0.15) is 76.0 Å². The minimum Gasteiger partial charge on any atom is -0.481 e. The van der Waals surface area contributed by atoms with Crippen molar-refractivity contribution in [2.75, 3.05) is 25.0 Å². The number of amides is 2. The number of benzene rings is 2. The Morgan fingerprint density at radius 1 is 1.00 bits per heavy atom. The van der Waals surface area contributed by atoms with Gasteiger partial charge in [-0.15, -0.1) is 0 Å². The molecule has 1 unspecified atom stereocenters. The summed E-state index contributed by atoms with van der Waals surface area (Å²) in [5, 5.41) is 12.7. The molecule has 222 valence electrons. The molecule has 2 aliphatic heterocycles. The van der Waals surface area contributed by atoms with Crippen LogP contribution >= 0.6 is 0 Å². The van der Waals surface area contributed by atoms with E-state index in [9.17, 15) is 19.5 Å². The van der Waals surface area contributed by atoms with E-state index >= 15 is 0 Å². The number of hydrogen-bond donors (Lipinski definition) is 2. The van der Waals surface area contributed by atoms with Crippen molar-refractivity contribution in [1.29, 1.82) is 0 Å². The van der Waals surface area contributed by atoms with Crippen LogP contribution in [0.15, 0.2) is 48.5 Å². The third kappa shape index (κ3) is 9.23. The number of rotatable bonds is 10. The molecule has 8 heteroatoms. The molecule has 41 heavy (non-hydrogen) atoms. The predicted octanol–water partition coefficient (Wildman–Crippen LogP) is 5.89. The van der Waals surface area contributed by atoms with Crippen molar-refractivity contribution in [3.63, 3.8) is 0 Å². The largest absolute Gasteiger partial charge is 0.481 e. The number of aryl methyl sites for hydroxylation is 1. The molecule has 2 aromatic rings. The average molecular weight is 564 g/mol. The minimum absolute atomic E-state index is 0.168. The number of carbonyl (C=O) groups excluding carboxylic acids is 2. The highest BCUT2D eigenvalue weighted by Gasteiger charge is 2.31. The zero-order valence-electron chi connectivity index (χ0n) is 24.7. The summed E-state index contributed by atoms with van der Waals surface area (Å²) in [6.45, 7) is 8.21. The first-order valence-corrected chi connectivity index (χ1v) is 15.0. The van der Waals surface area contributed by atoms with E-state index in [1.807, 2.05) is 56.0 Å². The molecule has 1 atom stereocenters. The number of carboxylic acids is 1. The number of hydrogen-bond acceptors (Lipinski definition) is 5. The molecule has 0 saturated carbocycles. The Labute approximate surface area is 244 Å². The molecule has 8 nitrogen and oxygen atoms in total. The van der Waals surface area contributed by atoms with Crippen LogP contribution in [0.5, 0.6) is 0 Å². The van der Waals surface area contributed by atoms with Crippen LogP contribution in [-0.4, -0.2) is 64.2 Å². The van der Waals surface area contributed by atoms with Crippen LogP contribution in [0.4, 0.5) is 10.5 Å². The molecule has 1 fully saturated rings. The monoisotopic (exact) mass is 563 g/mol. The first-order valence-electron chi connectivity index (χ1n) is 15.0. The number of fused-ring (bicyclic) bond motifs is 1. The number of carbonyl (C=O) groups is 3. The van der Waals surface area contributed by atoms with E-state index < -0.39 is 17.6 Å². The van der Waals surface area contributed by atoms with E-state index in [1.54, 1.807) is 4.90 Å². The molecule has 0 bridgehead atoms. The van der Waals surface area contributed by atoms with Crippen LogP contribution in [0.25, 0.3) is 0 Å². The normalized spacial score (nSPS) is 17.9. The molecule has 0 aliphatic carbocycles. The van der Waals surface area contributed by atoms with Gasteiger partial charge in [0.25, 0.3) is 0 Å². The number of likely N-dealkylation sites (tertiary alicyclic amines) is 1. The zero-order chi connectivity index (χ0) is 29.4. The summed E-state index contributed by atoms with van der Waals surface area (Å²) in [5.41, 5.74) is 3.75. The highest BCUT2D eigenvalue weighted by atomic mass is 16.6. The van der Waals surface area contributed by atoms with Gasteiger partial charge in [0.05, 0.1) is 6.42 Å². The van der Waals surface area contributed by atoms with Gasteiger partial charge in [-0.2, -0.15) is 0 Å². The van der Waals surface area contributed by atoms with Gasteiger partial charge in [-0.3, -0.25) is 9.59 Å². The first kappa shape index (κ1) is 30.4. The number of nitrogens with one attached hydrogen (secondary N) is 1. The second-order valence-corrected chi connectivity index (χ2v) is 12.4. The van der Waals surface area contributed by atoms with Gasteiger partial charge in [0, 0.05) is 31.9 Å². The van der Waals surface area contributed by atoms with E-state index in [2.05, 4.69) is 23.5 Å². The Morgan fingerprint density at radius 2 is 1.73 bits per heavy atom. The number of nitrogens with zero attached hydrogens (tertiary/aromatic N) is 2. The van der Waals surface area contributed by atoms with Gasteiger partial charge in [0.2, 0.25) is 5.91 Å². The number of unbranched alkanes of at least 4 members (excludes halogenated alkanes) is 1. The number of ether oxygens (including phenoxy) is 1. The van der Waals surface area contributed by atoms with Crippen LogP contribution in [0.3, 0.4) is 0 Å². The van der Waals surface area contributed by atoms with Crippen molar-refractivity contribution in [1.82, 2.24) is 9.80 Å². The SMILES string of the molecule is CC(C)(C)OC(=O)N1CCC(CCCCc2ccc3c(c2)NC(CC(=O)O)C(=O)N(CCc2ccccc2)C3)CC1. The van der Waals surface area contributed by atoms with E-state index in [0.717, 1.165) is 74.8 Å². The van der Waals surface area contributed by atoms with Crippen LogP contribution < -0.4 is 5.32 Å². The lowest BCUT2D eigenvalue weighted by molar-refractivity contribution is -0.141. The van der Waals surface area contributed by atoms with E-state index in [4.69, 9.17) is 4.74 Å². The van der Waals surface area contributed by atoms with E-state index in [-0.39, 0.29) is 18.4 Å². The van der Waals surface area contributed by atoms with Crippen LogP contribution in [0.2, 0.25) is 0 Å². The second kappa shape index (κ2) is 13.9. The fourth-order valence-corrected chi connectivity index (χ4v) is 5.71. The van der Waals surface area contributed by atoms with Crippen molar-refractivity contribution in [3.05, 3.63) is 65.2 Å². The lowest BCUT2D eigenvalue weighted by Crippen LogP contribution is -2.42. The van der Waals surface area contributed by atoms with Gasteiger partial charge in [-0.1, -0.05) is 55.3 Å². The number of anilines is 1. The highest BCUT2D eigenvalue weighted by Crippen LogP contribution is 2.28. The number of carboxylic acid groups (broad SMARTS) is 1. The van der Waals surface area contributed by atoms with Gasteiger partial charge in [0.1, 0.15) is 11.6 Å². The molecule has 2 aromatic carbocycles. The summed E-state index contributed by atoms with van der Waals surface area (Å²) < 4.78 is 5.51. The maximum atomic E-state index is 13.3. The van der Waals surface area contributed by atoms with Gasteiger partial charge < -0.3 is 25.0 Å². The fraction of sp³-hybridized carbons (Fsp3) is 0.545. The Morgan fingerprint density at radius 3 is 2.41 bits per heavy atom. The quantitative estimate of drug-likeness (QED) is 0.350. The standard InChI is InChI=1S/C33H45N3O5/c1-33(2,3)41-32(40)35-18-15-25(16-19-35)11-7-8-12-26-13-14-27-23-36(20-17-24-9-5-4-6-10-24)31(39)29(22-30(37)38)34-28(27)21-26/h4-6,9-10,13-14,21,25,29,34H,7-8,11-12,15-20,22-23H2,1-3H3,(H,37,38). The third-order valence-electron chi connectivity index (χ3n) is 7.96. The van der Waals surface area contributed by atoms with Crippen molar-refractivity contribution in [2.45, 2.75) is 90.3 Å². The molecular formula is C33H45N3O5. The van der Waals surface area contributed by atoms with Crippen LogP contribution in [0, 0.1) is 5.92 Å². The molecule has 0 radical (unpaired) electrons. The lowest BCUT2D eigenvalue weighted by atomic mass is 9.91. The predicted molar refractivity (Wildman–Crippen MR) is 160 cm³/mol. The maximum Gasteiger partial charge on any atom is 0.410 e. The number of aliphatic carboxylic acids is 1.